The van der Waals surface area contributed by atoms with Crippen molar-refractivity contribution in [3.63, 3.8) is 0 Å². The van der Waals surface area contributed by atoms with Gasteiger partial charge in [-0.2, -0.15) is 0 Å². The van der Waals surface area contributed by atoms with E-state index in [1.165, 1.54) is 7.11 Å². The van der Waals surface area contributed by atoms with Crippen molar-refractivity contribution in [3.05, 3.63) is 34.7 Å². The number of ether oxygens (including phenoxy) is 2. The second-order valence-electron chi connectivity index (χ2n) is 3.42. The van der Waals surface area contributed by atoms with Crippen LogP contribution in [0, 0.1) is 13.5 Å². The second kappa shape index (κ2) is 5.38. The number of nitrogens with zero attached hydrogens (tertiary/aromatic N) is 1. The van der Waals surface area contributed by atoms with Crippen LogP contribution in [0.25, 0.3) is 4.85 Å². The minimum atomic E-state index is -0.780. The van der Waals surface area contributed by atoms with Crippen LogP contribution in [0.1, 0.15) is 17.2 Å². The highest BCUT2D eigenvalue weighted by atomic mass is 16.5. The number of methoxy groups -OCH3 is 2. The van der Waals surface area contributed by atoms with Crippen LogP contribution in [-0.2, 0) is 0 Å². The van der Waals surface area contributed by atoms with Gasteiger partial charge in [-0.05, 0) is 30.2 Å². The van der Waals surface area contributed by atoms with Gasteiger partial charge in [0, 0.05) is 0 Å². The second-order valence-corrected chi connectivity index (χ2v) is 3.42. The molecule has 0 aliphatic carbocycles. The summed E-state index contributed by atoms with van der Waals surface area (Å²) in [7, 11) is 3.10. The molecule has 0 amide bonds. The zero-order valence-corrected chi connectivity index (χ0v) is 9.65. The van der Waals surface area contributed by atoms with Crippen LogP contribution in [0.15, 0.2) is 12.1 Å². The molecule has 1 atom stereocenters. The molecule has 0 saturated carbocycles. The number of aryl methyl sites for hydroxylation is 1. The fourth-order valence-corrected chi connectivity index (χ4v) is 1.54. The molecule has 0 aliphatic rings. The van der Waals surface area contributed by atoms with Gasteiger partial charge in [0.2, 0.25) is 6.54 Å². The van der Waals surface area contributed by atoms with Crippen molar-refractivity contribution in [2.75, 3.05) is 20.8 Å². The SMILES string of the molecule is [C-]#[N+]CC(O)c1cc(OC)c(OC)cc1C. The molecule has 0 heterocycles. The third-order valence-electron chi connectivity index (χ3n) is 2.40. The quantitative estimate of drug-likeness (QED) is 0.790. The normalized spacial score (nSPS) is 11.7. The molecule has 0 bridgehead atoms. The van der Waals surface area contributed by atoms with E-state index in [1.807, 2.05) is 6.92 Å². The van der Waals surface area contributed by atoms with E-state index in [-0.39, 0.29) is 6.54 Å². The Labute approximate surface area is 95.2 Å². The van der Waals surface area contributed by atoms with Crippen molar-refractivity contribution >= 4 is 0 Å². The molecule has 1 rings (SSSR count). The Hall–Kier alpha value is -1.73. The topological polar surface area (TPSA) is 43.0 Å². The molecule has 1 aromatic carbocycles. The summed E-state index contributed by atoms with van der Waals surface area (Å²) in [6.07, 6.45) is -0.780. The summed E-state index contributed by atoms with van der Waals surface area (Å²) in [5.41, 5.74) is 1.59. The fourth-order valence-electron chi connectivity index (χ4n) is 1.54. The van der Waals surface area contributed by atoms with Crippen molar-refractivity contribution in [2.24, 2.45) is 0 Å². The molecule has 1 unspecified atom stereocenters. The lowest BCUT2D eigenvalue weighted by Crippen LogP contribution is -2.04. The van der Waals surface area contributed by atoms with Crippen molar-refractivity contribution in [1.82, 2.24) is 0 Å². The van der Waals surface area contributed by atoms with Crippen LogP contribution >= 0.6 is 0 Å². The van der Waals surface area contributed by atoms with Gasteiger partial charge < -0.3 is 19.4 Å². The van der Waals surface area contributed by atoms with Crippen LogP contribution in [0.5, 0.6) is 11.5 Å². The average molecular weight is 221 g/mol. The summed E-state index contributed by atoms with van der Waals surface area (Å²) in [5.74, 6) is 1.19. The molecule has 0 aliphatic heterocycles. The van der Waals surface area contributed by atoms with Gasteiger partial charge in [-0.1, -0.05) is 0 Å². The molecule has 4 heteroatoms. The smallest absolute Gasteiger partial charge is 0.244 e. The minimum absolute atomic E-state index is 0.0519. The number of aliphatic hydroxyl groups is 1. The van der Waals surface area contributed by atoms with Crippen molar-refractivity contribution in [1.29, 1.82) is 0 Å². The molecule has 16 heavy (non-hydrogen) atoms. The monoisotopic (exact) mass is 221 g/mol. The first-order valence-corrected chi connectivity index (χ1v) is 4.87. The van der Waals surface area contributed by atoms with Gasteiger partial charge in [-0.3, -0.25) is 0 Å². The van der Waals surface area contributed by atoms with E-state index in [2.05, 4.69) is 4.85 Å². The first-order chi connectivity index (χ1) is 7.63. The van der Waals surface area contributed by atoms with E-state index in [1.54, 1.807) is 19.2 Å². The lowest BCUT2D eigenvalue weighted by molar-refractivity contribution is 0.194. The fraction of sp³-hybridized carbons (Fsp3) is 0.417. The highest BCUT2D eigenvalue weighted by Gasteiger charge is 2.16. The molecular weight excluding hydrogens is 206 g/mol. The van der Waals surface area contributed by atoms with Gasteiger partial charge in [-0.25, -0.2) is 6.57 Å². The predicted octanol–water partition coefficient (Wildman–Crippen LogP) is 1.96. The number of hydrogen-bond donors (Lipinski definition) is 1. The van der Waals surface area contributed by atoms with E-state index in [0.717, 1.165) is 5.56 Å². The molecule has 0 radical (unpaired) electrons. The maximum atomic E-state index is 9.77. The van der Waals surface area contributed by atoms with Crippen molar-refractivity contribution in [3.8, 4) is 11.5 Å². The van der Waals surface area contributed by atoms with E-state index in [4.69, 9.17) is 16.0 Å². The van der Waals surface area contributed by atoms with E-state index < -0.39 is 6.10 Å². The van der Waals surface area contributed by atoms with E-state index >= 15 is 0 Å². The van der Waals surface area contributed by atoms with Crippen LogP contribution in [0.2, 0.25) is 0 Å². The Morgan fingerprint density at radius 3 is 2.38 bits per heavy atom. The summed E-state index contributed by atoms with van der Waals surface area (Å²) >= 11 is 0. The van der Waals surface area contributed by atoms with E-state index in [9.17, 15) is 5.11 Å². The standard InChI is InChI=1S/C12H15NO3/c1-8-5-11(15-3)12(16-4)6-9(8)10(14)7-13-2/h5-6,10,14H,7H2,1,3-4H3. The zero-order chi connectivity index (χ0) is 12.1. The molecule has 86 valence electrons. The van der Waals surface area contributed by atoms with Crippen molar-refractivity contribution in [2.45, 2.75) is 13.0 Å². The van der Waals surface area contributed by atoms with E-state index in [0.29, 0.717) is 17.1 Å². The van der Waals surface area contributed by atoms with Crippen molar-refractivity contribution < 1.29 is 14.6 Å². The molecule has 0 saturated heterocycles. The molecular formula is C12H15NO3. The number of rotatable bonds is 4. The van der Waals surface area contributed by atoms with Crippen LogP contribution in [-0.4, -0.2) is 25.9 Å². The van der Waals surface area contributed by atoms with Crippen LogP contribution < -0.4 is 9.47 Å². The maximum absolute atomic E-state index is 9.77. The molecule has 0 fully saturated rings. The molecule has 1 aromatic rings. The first-order valence-electron chi connectivity index (χ1n) is 4.87. The summed E-state index contributed by atoms with van der Waals surface area (Å²) < 4.78 is 10.3. The summed E-state index contributed by atoms with van der Waals surface area (Å²) in [5, 5.41) is 9.77. The van der Waals surface area contributed by atoms with Gasteiger partial charge in [0.25, 0.3) is 0 Å². The minimum Gasteiger partial charge on any atom is -0.493 e. The molecule has 0 aromatic heterocycles. The average Bonchev–Trinajstić information content (AvgIpc) is 2.28. The van der Waals surface area contributed by atoms with Gasteiger partial charge in [-0.15, -0.1) is 0 Å². The maximum Gasteiger partial charge on any atom is 0.244 e. The highest BCUT2D eigenvalue weighted by molar-refractivity contribution is 5.47. The Balaban J connectivity index is 3.16. The van der Waals surface area contributed by atoms with Gasteiger partial charge in [0.1, 0.15) is 0 Å². The Morgan fingerprint density at radius 1 is 1.31 bits per heavy atom. The number of aliphatic hydroxyl groups excluding tert-OH is 1. The summed E-state index contributed by atoms with van der Waals surface area (Å²) in [6, 6.07) is 3.51. The third kappa shape index (κ3) is 2.44. The molecule has 4 nitrogen and oxygen atoms in total. The lowest BCUT2D eigenvalue weighted by Gasteiger charge is -2.14. The van der Waals surface area contributed by atoms with Gasteiger partial charge in [0.05, 0.1) is 14.2 Å². The molecule has 1 N–H and O–H groups in total. The largest absolute Gasteiger partial charge is 0.493 e. The predicted molar refractivity (Wildman–Crippen MR) is 60.7 cm³/mol. The first kappa shape index (κ1) is 12.3. The third-order valence-corrected chi connectivity index (χ3v) is 2.40. The Bertz CT molecular complexity index is 409. The Morgan fingerprint density at radius 2 is 1.88 bits per heavy atom. The Kier molecular flexibility index (Phi) is 4.15. The zero-order valence-electron chi connectivity index (χ0n) is 9.65. The summed E-state index contributed by atoms with van der Waals surface area (Å²) in [4.78, 5) is 3.18. The van der Waals surface area contributed by atoms with Gasteiger partial charge in [0.15, 0.2) is 17.6 Å². The number of hydrogen-bond acceptors (Lipinski definition) is 3. The summed E-state index contributed by atoms with van der Waals surface area (Å²) in [6.45, 7) is 8.66. The van der Waals surface area contributed by atoms with Crippen LogP contribution in [0.3, 0.4) is 0 Å². The highest BCUT2D eigenvalue weighted by Crippen LogP contribution is 2.32. The van der Waals surface area contributed by atoms with Gasteiger partial charge >= 0.3 is 0 Å². The molecule has 0 spiro atoms. The van der Waals surface area contributed by atoms with Crippen LogP contribution in [0.4, 0.5) is 0 Å². The number of benzene rings is 1. The lowest BCUT2D eigenvalue weighted by atomic mass is 10.0.